The number of hydrogen-bond acceptors (Lipinski definition) is 2. The first kappa shape index (κ1) is 15.2. The molecule has 104 valence electrons. The maximum absolute atomic E-state index is 13.3. The van der Waals surface area contributed by atoms with Crippen molar-refractivity contribution in [2.75, 3.05) is 0 Å². The summed E-state index contributed by atoms with van der Waals surface area (Å²) in [6, 6.07) is 9.90. The molecule has 0 aromatic heterocycles. The van der Waals surface area contributed by atoms with Crippen molar-refractivity contribution in [3.8, 4) is 5.75 Å². The highest BCUT2D eigenvalue weighted by atomic mass is 79.9. The average molecular weight is 375 g/mol. The highest BCUT2D eigenvalue weighted by Gasteiger charge is 2.10. The predicted molar refractivity (Wildman–Crippen MR) is 85.8 cm³/mol. The Kier molecular flexibility index (Phi) is 4.96. The summed E-state index contributed by atoms with van der Waals surface area (Å²) < 4.78 is 19.8. The predicted octanol–water partition coefficient (Wildman–Crippen LogP) is 4.45. The third-order valence-corrected chi connectivity index (χ3v) is 3.76. The molecule has 2 aromatic carbocycles. The molecule has 2 N–H and O–H groups in total. The molecule has 0 fully saturated rings. The van der Waals surface area contributed by atoms with E-state index in [1.165, 1.54) is 6.07 Å². The van der Waals surface area contributed by atoms with Gasteiger partial charge in [-0.3, -0.25) is 0 Å². The van der Waals surface area contributed by atoms with E-state index in [4.69, 9.17) is 34.3 Å². The standard InChI is InChI=1S/C14H10BrClFNOS/c15-9-4-5-12(10(6-9)14(18)20)19-7-8-2-1-3-11(17)13(8)16/h1-6H,7H2,(H2,18,20). The third kappa shape index (κ3) is 3.48. The molecule has 0 aliphatic carbocycles. The topological polar surface area (TPSA) is 35.2 Å². The molecule has 0 saturated carbocycles. The van der Waals surface area contributed by atoms with Crippen LogP contribution in [0.1, 0.15) is 11.1 Å². The van der Waals surface area contributed by atoms with Crippen molar-refractivity contribution in [1.29, 1.82) is 0 Å². The third-order valence-electron chi connectivity index (χ3n) is 2.62. The van der Waals surface area contributed by atoms with E-state index in [0.717, 1.165) is 4.47 Å². The fraction of sp³-hybridized carbons (Fsp3) is 0.0714. The Morgan fingerprint density at radius 1 is 1.35 bits per heavy atom. The molecule has 2 rings (SSSR count). The van der Waals surface area contributed by atoms with Gasteiger partial charge in [0.25, 0.3) is 0 Å². The van der Waals surface area contributed by atoms with Gasteiger partial charge in [0.1, 0.15) is 23.2 Å². The molecular weight excluding hydrogens is 365 g/mol. The van der Waals surface area contributed by atoms with Crippen LogP contribution in [0.2, 0.25) is 5.02 Å². The summed E-state index contributed by atoms with van der Waals surface area (Å²) in [6.45, 7) is 0.133. The van der Waals surface area contributed by atoms with Crippen LogP contribution in [0.25, 0.3) is 0 Å². The lowest BCUT2D eigenvalue weighted by Gasteiger charge is -2.12. The van der Waals surface area contributed by atoms with Crippen molar-refractivity contribution in [2.24, 2.45) is 5.73 Å². The van der Waals surface area contributed by atoms with E-state index < -0.39 is 5.82 Å². The second-order valence-corrected chi connectivity index (χ2v) is 5.74. The van der Waals surface area contributed by atoms with Gasteiger partial charge in [-0.25, -0.2) is 4.39 Å². The summed E-state index contributed by atoms with van der Waals surface area (Å²) in [6.07, 6.45) is 0. The number of nitrogens with two attached hydrogens (primary N) is 1. The SMILES string of the molecule is NC(=S)c1cc(Br)ccc1OCc1cccc(F)c1Cl. The second kappa shape index (κ2) is 6.52. The van der Waals surface area contributed by atoms with Gasteiger partial charge in [0.2, 0.25) is 0 Å². The average Bonchev–Trinajstić information content (AvgIpc) is 2.41. The van der Waals surface area contributed by atoms with E-state index in [1.807, 2.05) is 6.07 Å². The van der Waals surface area contributed by atoms with Crippen molar-refractivity contribution in [2.45, 2.75) is 6.61 Å². The molecule has 0 radical (unpaired) electrons. The molecule has 6 heteroatoms. The number of halogens is 3. The molecule has 0 aliphatic rings. The van der Waals surface area contributed by atoms with Gasteiger partial charge >= 0.3 is 0 Å². The van der Waals surface area contributed by atoms with E-state index in [1.54, 1.807) is 24.3 Å². The highest BCUT2D eigenvalue weighted by molar-refractivity contribution is 9.10. The van der Waals surface area contributed by atoms with Crippen molar-refractivity contribution >= 4 is 44.7 Å². The van der Waals surface area contributed by atoms with Crippen LogP contribution in [0, 0.1) is 5.82 Å². The first-order valence-electron chi connectivity index (χ1n) is 5.64. The van der Waals surface area contributed by atoms with Gasteiger partial charge in [0.05, 0.1) is 10.6 Å². The summed E-state index contributed by atoms with van der Waals surface area (Å²) >= 11 is 14.2. The van der Waals surface area contributed by atoms with E-state index >= 15 is 0 Å². The smallest absolute Gasteiger partial charge is 0.142 e. The number of benzene rings is 2. The van der Waals surface area contributed by atoms with Gasteiger partial charge < -0.3 is 10.5 Å². The van der Waals surface area contributed by atoms with Crippen LogP contribution in [0.5, 0.6) is 5.75 Å². The Hall–Kier alpha value is -1.17. The molecule has 0 aliphatic heterocycles. The van der Waals surface area contributed by atoms with E-state index in [2.05, 4.69) is 15.9 Å². The first-order valence-corrected chi connectivity index (χ1v) is 7.22. The van der Waals surface area contributed by atoms with Gasteiger partial charge in [0, 0.05) is 10.0 Å². The molecule has 0 amide bonds. The normalized spacial score (nSPS) is 10.3. The summed E-state index contributed by atoms with van der Waals surface area (Å²) in [7, 11) is 0. The maximum atomic E-state index is 13.3. The Morgan fingerprint density at radius 3 is 2.80 bits per heavy atom. The quantitative estimate of drug-likeness (QED) is 0.803. The minimum absolute atomic E-state index is 0.0569. The van der Waals surface area contributed by atoms with Crippen LogP contribution < -0.4 is 10.5 Å². The van der Waals surface area contributed by atoms with Crippen LogP contribution in [0.4, 0.5) is 4.39 Å². The Morgan fingerprint density at radius 2 is 2.10 bits per heavy atom. The number of rotatable bonds is 4. The molecule has 2 aromatic rings. The molecule has 2 nitrogen and oxygen atoms in total. The molecule has 0 heterocycles. The minimum atomic E-state index is -0.474. The molecule has 0 spiro atoms. The molecule has 20 heavy (non-hydrogen) atoms. The lowest BCUT2D eigenvalue weighted by Crippen LogP contribution is -2.12. The van der Waals surface area contributed by atoms with E-state index in [-0.39, 0.29) is 16.6 Å². The van der Waals surface area contributed by atoms with Crippen LogP contribution in [0.15, 0.2) is 40.9 Å². The van der Waals surface area contributed by atoms with Crippen LogP contribution >= 0.6 is 39.7 Å². The van der Waals surface area contributed by atoms with Crippen LogP contribution in [-0.4, -0.2) is 4.99 Å². The number of ether oxygens (including phenoxy) is 1. The van der Waals surface area contributed by atoms with Crippen molar-refractivity contribution < 1.29 is 9.13 Å². The number of thiocarbonyl (C=S) groups is 1. The Labute approximate surface area is 134 Å². The first-order chi connectivity index (χ1) is 9.49. The zero-order valence-corrected chi connectivity index (χ0v) is 13.4. The molecule has 0 saturated heterocycles. The van der Waals surface area contributed by atoms with Crippen LogP contribution in [0.3, 0.4) is 0 Å². The number of hydrogen-bond donors (Lipinski definition) is 1. The zero-order chi connectivity index (χ0) is 14.7. The lowest BCUT2D eigenvalue weighted by molar-refractivity contribution is 0.305. The van der Waals surface area contributed by atoms with Crippen molar-refractivity contribution in [3.05, 3.63) is 62.8 Å². The summed E-state index contributed by atoms with van der Waals surface area (Å²) in [5, 5.41) is 0.0569. The highest BCUT2D eigenvalue weighted by Crippen LogP contribution is 2.26. The minimum Gasteiger partial charge on any atom is -0.488 e. The zero-order valence-electron chi connectivity index (χ0n) is 10.2. The second-order valence-electron chi connectivity index (χ2n) is 4.01. The summed E-state index contributed by atoms with van der Waals surface area (Å²) in [5.41, 5.74) is 6.82. The van der Waals surface area contributed by atoms with Gasteiger partial charge in [-0.1, -0.05) is 51.9 Å². The fourth-order valence-electron chi connectivity index (χ4n) is 1.64. The van der Waals surface area contributed by atoms with Crippen molar-refractivity contribution in [3.63, 3.8) is 0 Å². The van der Waals surface area contributed by atoms with Gasteiger partial charge in [0.15, 0.2) is 0 Å². The van der Waals surface area contributed by atoms with Gasteiger partial charge in [-0.05, 0) is 24.3 Å². The Bertz CT molecular complexity index is 666. The van der Waals surface area contributed by atoms with E-state index in [0.29, 0.717) is 16.9 Å². The molecule has 0 atom stereocenters. The van der Waals surface area contributed by atoms with Crippen molar-refractivity contribution in [1.82, 2.24) is 0 Å². The maximum Gasteiger partial charge on any atom is 0.142 e. The largest absolute Gasteiger partial charge is 0.488 e. The molecule has 0 bridgehead atoms. The van der Waals surface area contributed by atoms with E-state index in [9.17, 15) is 4.39 Å². The van der Waals surface area contributed by atoms with Crippen LogP contribution in [-0.2, 0) is 6.61 Å². The lowest BCUT2D eigenvalue weighted by atomic mass is 10.2. The summed E-state index contributed by atoms with van der Waals surface area (Å²) in [4.78, 5) is 0.228. The monoisotopic (exact) mass is 373 g/mol. The summed E-state index contributed by atoms with van der Waals surface area (Å²) in [5.74, 6) is 0.0548. The molecule has 0 unspecified atom stereocenters. The Balaban J connectivity index is 2.23. The molecular formula is C14H10BrClFNOS. The van der Waals surface area contributed by atoms with Gasteiger partial charge in [-0.15, -0.1) is 0 Å². The fourth-order valence-corrected chi connectivity index (χ4v) is 2.34. The van der Waals surface area contributed by atoms with Gasteiger partial charge in [-0.2, -0.15) is 0 Å².